The van der Waals surface area contributed by atoms with Gasteiger partial charge >= 0.3 is 0 Å². The Morgan fingerprint density at radius 2 is 2.08 bits per heavy atom. The number of likely N-dealkylation sites (N-methyl/N-ethyl adjacent to an activating group) is 2. The Balaban J connectivity index is 3.39. The van der Waals surface area contributed by atoms with E-state index in [1.54, 1.807) is 7.05 Å². The lowest BCUT2D eigenvalue weighted by atomic mass is 10.3. The Morgan fingerprint density at radius 3 is 2.54 bits per heavy atom. The molecular formula is C9H21N3O. The molecule has 0 rings (SSSR count). The molecule has 0 radical (unpaired) electrons. The summed E-state index contributed by atoms with van der Waals surface area (Å²) in [5.41, 5.74) is 0. The minimum absolute atomic E-state index is 0.0552. The molecule has 4 nitrogen and oxygen atoms in total. The summed E-state index contributed by atoms with van der Waals surface area (Å²) in [6.07, 6.45) is 0. The van der Waals surface area contributed by atoms with Gasteiger partial charge in [-0.3, -0.25) is 4.79 Å². The third-order valence-electron chi connectivity index (χ3n) is 2.01. The minimum atomic E-state index is 0.0552. The van der Waals surface area contributed by atoms with Crippen molar-refractivity contribution in [2.45, 2.75) is 19.9 Å². The fourth-order valence-corrected chi connectivity index (χ4v) is 0.853. The highest BCUT2D eigenvalue weighted by Crippen LogP contribution is 1.90. The number of hydrogen-bond donors (Lipinski definition) is 2. The van der Waals surface area contributed by atoms with Gasteiger partial charge in [-0.05, 0) is 27.9 Å². The molecule has 78 valence electrons. The van der Waals surface area contributed by atoms with Gasteiger partial charge in [0.1, 0.15) is 0 Å². The largest absolute Gasteiger partial charge is 0.354 e. The third-order valence-corrected chi connectivity index (χ3v) is 2.01. The van der Waals surface area contributed by atoms with Gasteiger partial charge in [0.05, 0.1) is 6.54 Å². The van der Waals surface area contributed by atoms with Gasteiger partial charge in [-0.2, -0.15) is 0 Å². The van der Waals surface area contributed by atoms with Crippen molar-refractivity contribution >= 4 is 5.91 Å². The van der Waals surface area contributed by atoms with Gasteiger partial charge in [0, 0.05) is 19.1 Å². The lowest BCUT2D eigenvalue weighted by molar-refractivity contribution is -0.120. The van der Waals surface area contributed by atoms with E-state index in [4.69, 9.17) is 0 Å². The molecule has 0 aromatic carbocycles. The Labute approximate surface area is 80.7 Å². The highest BCUT2D eigenvalue weighted by Gasteiger charge is 2.03. The van der Waals surface area contributed by atoms with Crippen LogP contribution in [0.1, 0.15) is 13.8 Å². The lowest BCUT2D eigenvalue weighted by Crippen LogP contribution is -2.39. The maximum absolute atomic E-state index is 11.0. The Hall–Kier alpha value is -0.610. The fraction of sp³-hybridized carbons (Fsp3) is 0.889. The first kappa shape index (κ1) is 12.4. The summed E-state index contributed by atoms with van der Waals surface area (Å²) >= 11 is 0. The topological polar surface area (TPSA) is 44.4 Å². The number of carbonyl (C=O) groups excluding carboxylic acids is 1. The number of amides is 1. The van der Waals surface area contributed by atoms with E-state index < -0.39 is 0 Å². The summed E-state index contributed by atoms with van der Waals surface area (Å²) in [6, 6.07) is 0.529. The molecule has 0 aliphatic rings. The quantitative estimate of drug-likeness (QED) is 0.598. The second-order valence-electron chi connectivity index (χ2n) is 3.45. The van der Waals surface area contributed by atoms with Gasteiger partial charge in [-0.1, -0.05) is 0 Å². The SMILES string of the molecule is CNCC(=O)NCCN(C)C(C)C. The molecule has 0 fully saturated rings. The van der Waals surface area contributed by atoms with E-state index in [0.717, 1.165) is 13.1 Å². The van der Waals surface area contributed by atoms with Crippen LogP contribution in [0.5, 0.6) is 0 Å². The summed E-state index contributed by atoms with van der Waals surface area (Å²) in [6.45, 7) is 6.28. The molecule has 0 saturated carbocycles. The van der Waals surface area contributed by atoms with Crippen LogP contribution < -0.4 is 10.6 Å². The van der Waals surface area contributed by atoms with Gasteiger partial charge in [0.25, 0.3) is 0 Å². The number of hydrogen-bond acceptors (Lipinski definition) is 3. The summed E-state index contributed by atoms with van der Waals surface area (Å²) < 4.78 is 0. The lowest BCUT2D eigenvalue weighted by Gasteiger charge is -2.20. The molecule has 0 atom stereocenters. The number of rotatable bonds is 6. The molecule has 4 heteroatoms. The average molecular weight is 187 g/mol. The highest BCUT2D eigenvalue weighted by molar-refractivity contribution is 5.77. The van der Waals surface area contributed by atoms with Crippen molar-refractivity contribution in [3.05, 3.63) is 0 Å². The van der Waals surface area contributed by atoms with Gasteiger partial charge in [0.15, 0.2) is 0 Å². The van der Waals surface area contributed by atoms with Crippen molar-refractivity contribution in [1.29, 1.82) is 0 Å². The van der Waals surface area contributed by atoms with Gasteiger partial charge < -0.3 is 15.5 Å². The number of nitrogens with zero attached hydrogens (tertiary/aromatic N) is 1. The number of carbonyl (C=O) groups is 1. The van der Waals surface area contributed by atoms with E-state index in [2.05, 4.69) is 36.4 Å². The van der Waals surface area contributed by atoms with Crippen LogP contribution in [0.4, 0.5) is 0 Å². The monoisotopic (exact) mass is 187 g/mol. The molecule has 2 N–H and O–H groups in total. The highest BCUT2D eigenvalue weighted by atomic mass is 16.1. The van der Waals surface area contributed by atoms with E-state index in [9.17, 15) is 4.79 Å². The first-order chi connectivity index (χ1) is 6.07. The molecule has 0 aromatic heterocycles. The molecule has 0 aliphatic heterocycles. The van der Waals surface area contributed by atoms with Crippen LogP contribution in [-0.2, 0) is 4.79 Å². The summed E-state index contributed by atoms with van der Waals surface area (Å²) in [7, 11) is 3.81. The van der Waals surface area contributed by atoms with Crippen LogP contribution in [0.25, 0.3) is 0 Å². The second kappa shape index (κ2) is 6.86. The van der Waals surface area contributed by atoms with E-state index >= 15 is 0 Å². The van der Waals surface area contributed by atoms with Crippen molar-refractivity contribution in [2.75, 3.05) is 33.7 Å². The van der Waals surface area contributed by atoms with E-state index in [-0.39, 0.29) is 5.91 Å². The summed E-state index contributed by atoms with van der Waals surface area (Å²) in [4.78, 5) is 13.2. The molecule has 13 heavy (non-hydrogen) atoms. The molecule has 0 aromatic rings. The van der Waals surface area contributed by atoms with Crippen LogP contribution >= 0.6 is 0 Å². The molecule has 0 aliphatic carbocycles. The first-order valence-corrected chi connectivity index (χ1v) is 4.69. The van der Waals surface area contributed by atoms with Crippen molar-refractivity contribution < 1.29 is 4.79 Å². The van der Waals surface area contributed by atoms with Gasteiger partial charge in [-0.25, -0.2) is 0 Å². The maximum atomic E-state index is 11.0. The van der Waals surface area contributed by atoms with E-state index in [1.165, 1.54) is 0 Å². The van der Waals surface area contributed by atoms with Crippen molar-refractivity contribution in [1.82, 2.24) is 15.5 Å². The van der Waals surface area contributed by atoms with E-state index in [0.29, 0.717) is 12.6 Å². The first-order valence-electron chi connectivity index (χ1n) is 4.69. The van der Waals surface area contributed by atoms with Crippen molar-refractivity contribution in [3.63, 3.8) is 0 Å². The van der Waals surface area contributed by atoms with Crippen LogP contribution in [0, 0.1) is 0 Å². The Morgan fingerprint density at radius 1 is 1.46 bits per heavy atom. The van der Waals surface area contributed by atoms with E-state index in [1.807, 2.05) is 0 Å². The smallest absolute Gasteiger partial charge is 0.233 e. The normalized spacial score (nSPS) is 10.9. The average Bonchev–Trinajstić information content (AvgIpc) is 2.04. The maximum Gasteiger partial charge on any atom is 0.233 e. The van der Waals surface area contributed by atoms with Crippen LogP contribution in [0.2, 0.25) is 0 Å². The number of nitrogens with one attached hydrogen (secondary N) is 2. The molecular weight excluding hydrogens is 166 g/mol. The zero-order chi connectivity index (χ0) is 10.3. The molecule has 0 heterocycles. The van der Waals surface area contributed by atoms with Crippen LogP contribution in [-0.4, -0.2) is 50.6 Å². The van der Waals surface area contributed by atoms with Crippen molar-refractivity contribution in [2.24, 2.45) is 0 Å². The zero-order valence-electron chi connectivity index (χ0n) is 9.05. The van der Waals surface area contributed by atoms with Gasteiger partial charge in [0.2, 0.25) is 5.91 Å². The Kier molecular flexibility index (Phi) is 6.54. The standard InChI is InChI=1S/C9H21N3O/c1-8(2)12(4)6-5-11-9(13)7-10-3/h8,10H,5-7H2,1-4H3,(H,11,13). The molecule has 0 spiro atoms. The second-order valence-corrected chi connectivity index (χ2v) is 3.45. The minimum Gasteiger partial charge on any atom is -0.354 e. The fourth-order valence-electron chi connectivity index (χ4n) is 0.853. The third kappa shape index (κ3) is 6.54. The van der Waals surface area contributed by atoms with Crippen LogP contribution in [0.15, 0.2) is 0 Å². The molecule has 0 saturated heterocycles. The Bertz CT molecular complexity index is 148. The van der Waals surface area contributed by atoms with Crippen LogP contribution in [0.3, 0.4) is 0 Å². The molecule has 1 amide bonds. The predicted octanol–water partition coefficient (Wildman–Crippen LogP) is -0.338. The molecule has 0 unspecified atom stereocenters. The summed E-state index contributed by atoms with van der Waals surface area (Å²) in [5.74, 6) is 0.0552. The van der Waals surface area contributed by atoms with Crippen molar-refractivity contribution in [3.8, 4) is 0 Å². The summed E-state index contributed by atoms with van der Waals surface area (Å²) in [5, 5.41) is 5.63. The predicted molar refractivity (Wildman–Crippen MR) is 54.7 cm³/mol. The van der Waals surface area contributed by atoms with Gasteiger partial charge in [-0.15, -0.1) is 0 Å². The molecule has 0 bridgehead atoms. The zero-order valence-corrected chi connectivity index (χ0v) is 9.05.